The fourth-order valence-corrected chi connectivity index (χ4v) is 3.14. The Morgan fingerprint density at radius 3 is 2.50 bits per heavy atom. The van der Waals surface area contributed by atoms with Gasteiger partial charge in [-0.15, -0.1) is 0 Å². The molecule has 1 heterocycles. The number of anilines is 2. The van der Waals surface area contributed by atoms with Crippen LogP contribution >= 0.6 is 0 Å². The highest BCUT2D eigenvalue weighted by atomic mass is 16.8. The van der Waals surface area contributed by atoms with E-state index in [2.05, 4.69) is 17.1 Å². The van der Waals surface area contributed by atoms with Crippen molar-refractivity contribution < 1.29 is 15.2 Å². The monoisotopic (exact) mass is 351 g/mol. The summed E-state index contributed by atoms with van der Waals surface area (Å²) >= 11 is 0. The summed E-state index contributed by atoms with van der Waals surface area (Å²) in [6.07, 6.45) is 2.11. The molecule has 0 aliphatic carbocycles. The van der Waals surface area contributed by atoms with Crippen LogP contribution in [0.15, 0.2) is 42.5 Å². The van der Waals surface area contributed by atoms with Crippen molar-refractivity contribution >= 4 is 36.3 Å². The first-order chi connectivity index (χ1) is 12.4. The van der Waals surface area contributed by atoms with E-state index in [0.29, 0.717) is 22.6 Å². The molecule has 3 N–H and O–H groups in total. The molecule has 1 amide bonds. The van der Waals surface area contributed by atoms with E-state index in [0.717, 1.165) is 31.6 Å². The van der Waals surface area contributed by atoms with E-state index < -0.39 is 5.23 Å². The molecule has 0 bridgehead atoms. The molecule has 1 unspecified atom stereocenters. The van der Waals surface area contributed by atoms with Crippen molar-refractivity contribution in [3.63, 3.8) is 0 Å². The number of rotatable bonds is 4. The van der Waals surface area contributed by atoms with Crippen LogP contribution in [0.4, 0.5) is 17.1 Å². The number of piperidine rings is 1. The lowest BCUT2D eigenvalue weighted by Crippen LogP contribution is -2.99. The molecule has 0 saturated carbocycles. The second-order valence-corrected chi connectivity index (χ2v) is 6.78. The van der Waals surface area contributed by atoms with Crippen LogP contribution in [0.25, 0.3) is 0 Å². The third-order valence-corrected chi connectivity index (χ3v) is 4.78. The van der Waals surface area contributed by atoms with Gasteiger partial charge in [0.05, 0.1) is 5.56 Å². The van der Waals surface area contributed by atoms with Crippen LogP contribution in [0.2, 0.25) is 0 Å². The summed E-state index contributed by atoms with van der Waals surface area (Å²) in [5.41, 5.74) is 2.47. The van der Waals surface area contributed by atoms with Crippen LogP contribution in [0.5, 0.6) is 0 Å². The smallest absolute Gasteiger partial charge is 0.258 e. The number of nitrogens with one attached hydrogen (secondary N) is 2. The summed E-state index contributed by atoms with van der Waals surface area (Å²) in [6.45, 7) is 3.94. The van der Waals surface area contributed by atoms with Gasteiger partial charge in [-0.2, -0.15) is 5.23 Å². The van der Waals surface area contributed by atoms with Gasteiger partial charge in [0.15, 0.2) is 5.69 Å². The second-order valence-electron chi connectivity index (χ2n) is 6.78. The SMILES string of the molecule is [B]c1ccc(NC(=O)c2cc([NH+]([O-])O)ccc2N2CCC(C)CC2)cc1. The largest absolute Gasteiger partial charge is 0.595 e. The molecular weight excluding hydrogens is 329 g/mol. The van der Waals surface area contributed by atoms with E-state index in [9.17, 15) is 15.2 Å². The molecular formula is C19H22BN3O3. The van der Waals surface area contributed by atoms with Gasteiger partial charge in [-0.1, -0.05) is 24.5 Å². The lowest BCUT2D eigenvalue weighted by atomic mass is 9.96. The van der Waals surface area contributed by atoms with Crippen molar-refractivity contribution in [2.45, 2.75) is 19.8 Å². The molecule has 1 aliphatic heterocycles. The van der Waals surface area contributed by atoms with Crippen LogP contribution < -0.4 is 20.9 Å². The molecule has 3 rings (SSSR count). The molecule has 2 aromatic carbocycles. The highest BCUT2D eigenvalue weighted by Gasteiger charge is 2.22. The van der Waals surface area contributed by atoms with Crippen molar-refractivity contribution in [3.8, 4) is 0 Å². The summed E-state index contributed by atoms with van der Waals surface area (Å²) < 4.78 is 0. The van der Waals surface area contributed by atoms with Crippen LogP contribution in [0.1, 0.15) is 30.1 Å². The first kappa shape index (κ1) is 18.4. The number of carbonyl (C=O) groups excluding carboxylic acids is 1. The molecule has 2 aromatic rings. The third-order valence-electron chi connectivity index (χ3n) is 4.78. The van der Waals surface area contributed by atoms with Gasteiger partial charge in [0, 0.05) is 36.6 Å². The number of hydrogen-bond acceptors (Lipinski definition) is 4. The molecule has 0 spiro atoms. The van der Waals surface area contributed by atoms with E-state index >= 15 is 0 Å². The predicted octanol–water partition coefficient (Wildman–Crippen LogP) is 1.37. The predicted molar refractivity (Wildman–Crippen MR) is 103 cm³/mol. The topological polar surface area (TPSA) is 80.1 Å². The third kappa shape index (κ3) is 4.24. The fourth-order valence-electron chi connectivity index (χ4n) is 3.14. The normalized spacial score (nSPS) is 16.3. The zero-order chi connectivity index (χ0) is 18.7. The van der Waals surface area contributed by atoms with Crippen LogP contribution in [-0.4, -0.2) is 32.1 Å². The van der Waals surface area contributed by atoms with Gasteiger partial charge in [-0.3, -0.25) is 4.79 Å². The van der Waals surface area contributed by atoms with Gasteiger partial charge >= 0.3 is 0 Å². The molecule has 134 valence electrons. The number of benzene rings is 2. The van der Waals surface area contributed by atoms with Gasteiger partial charge in [-0.25, -0.2) is 5.21 Å². The highest BCUT2D eigenvalue weighted by Crippen LogP contribution is 2.28. The average molecular weight is 351 g/mol. The summed E-state index contributed by atoms with van der Waals surface area (Å²) in [6, 6.07) is 11.6. The molecule has 2 radical (unpaired) electrons. The molecule has 6 nitrogen and oxygen atoms in total. The van der Waals surface area contributed by atoms with Crippen molar-refractivity contribution in [1.82, 2.24) is 0 Å². The van der Waals surface area contributed by atoms with Crippen LogP contribution in [0.3, 0.4) is 0 Å². The van der Waals surface area contributed by atoms with Gasteiger partial charge in [-0.05, 0) is 37.0 Å². The van der Waals surface area contributed by atoms with Crippen molar-refractivity contribution in [3.05, 3.63) is 53.2 Å². The van der Waals surface area contributed by atoms with Gasteiger partial charge in [0.2, 0.25) is 0 Å². The maximum Gasteiger partial charge on any atom is 0.258 e. The van der Waals surface area contributed by atoms with Gasteiger partial charge in [0.25, 0.3) is 5.91 Å². The average Bonchev–Trinajstić information content (AvgIpc) is 2.63. The minimum absolute atomic E-state index is 0.0987. The molecule has 26 heavy (non-hydrogen) atoms. The zero-order valence-corrected chi connectivity index (χ0v) is 14.7. The zero-order valence-electron chi connectivity index (χ0n) is 14.7. The highest BCUT2D eigenvalue weighted by molar-refractivity contribution is 6.32. The first-order valence-electron chi connectivity index (χ1n) is 8.73. The Kier molecular flexibility index (Phi) is 5.61. The molecule has 1 aliphatic rings. The Morgan fingerprint density at radius 2 is 1.88 bits per heavy atom. The first-order valence-corrected chi connectivity index (χ1v) is 8.73. The Morgan fingerprint density at radius 1 is 1.23 bits per heavy atom. The van der Waals surface area contributed by atoms with E-state index in [1.165, 1.54) is 6.07 Å². The summed E-state index contributed by atoms with van der Waals surface area (Å²) in [5.74, 6) is 0.336. The summed E-state index contributed by atoms with van der Waals surface area (Å²) in [4.78, 5) is 15.0. The molecule has 7 heteroatoms. The van der Waals surface area contributed by atoms with E-state index in [1.807, 2.05) is 0 Å². The Bertz CT molecular complexity index is 772. The van der Waals surface area contributed by atoms with Crippen molar-refractivity contribution in [1.29, 1.82) is 0 Å². The van der Waals surface area contributed by atoms with Crippen molar-refractivity contribution in [2.75, 3.05) is 23.3 Å². The maximum absolute atomic E-state index is 12.8. The summed E-state index contributed by atoms with van der Waals surface area (Å²) in [5, 5.41) is 22.4. The molecule has 0 aromatic heterocycles. The lowest BCUT2D eigenvalue weighted by molar-refractivity contribution is -0.991. The minimum atomic E-state index is -1.05. The number of hydrogen-bond donors (Lipinski definition) is 3. The Hall–Kier alpha value is -2.35. The Labute approximate surface area is 154 Å². The summed E-state index contributed by atoms with van der Waals surface area (Å²) in [7, 11) is 5.67. The van der Waals surface area contributed by atoms with E-state index in [4.69, 9.17) is 7.85 Å². The standard InChI is InChI=1S/C19H22BN3O3/c1-13-8-10-22(11-9-13)18-7-6-16(23(25)26)12-17(18)19(24)21-15-4-2-14(20)3-5-15/h2-7,12-13,23,25H,8-11H2,1H3,(H,21,24). The maximum atomic E-state index is 12.8. The second kappa shape index (κ2) is 7.91. The number of quaternary nitrogens is 1. The minimum Gasteiger partial charge on any atom is -0.595 e. The lowest BCUT2D eigenvalue weighted by Gasteiger charge is -2.33. The van der Waals surface area contributed by atoms with Crippen LogP contribution in [-0.2, 0) is 0 Å². The Balaban J connectivity index is 1.90. The van der Waals surface area contributed by atoms with E-state index in [1.54, 1.807) is 36.4 Å². The van der Waals surface area contributed by atoms with Gasteiger partial charge in [0.1, 0.15) is 7.85 Å². The van der Waals surface area contributed by atoms with Gasteiger partial charge < -0.3 is 15.4 Å². The number of nitrogens with zero attached hydrogens (tertiary/aromatic N) is 1. The molecule has 1 atom stereocenters. The molecule has 1 saturated heterocycles. The fraction of sp³-hybridized carbons (Fsp3) is 0.316. The van der Waals surface area contributed by atoms with E-state index in [-0.39, 0.29) is 11.6 Å². The molecule has 1 fully saturated rings. The van der Waals surface area contributed by atoms with Crippen molar-refractivity contribution in [2.24, 2.45) is 5.92 Å². The van der Waals surface area contributed by atoms with Crippen LogP contribution in [0, 0.1) is 11.1 Å². The quantitative estimate of drug-likeness (QED) is 0.574. The number of amides is 1. The number of carbonyl (C=O) groups is 1.